The Morgan fingerprint density at radius 1 is 1.42 bits per heavy atom. The highest BCUT2D eigenvalue weighted by molar-refractivity contribution is 7.16. The first-order valence-electron chi connectivity index (χ1n) is 5.87. The number of carbonyl (C=O) groups excluding carboxylic acids is 1. The first-order chi connectivity index (χ1) is 9.24. The van der Waals surface area contributed by atoms with E-state index in [0.29, 0.717) is 5.56 Å². The highest BCUT2D eigenvalue weighted by Gasteiger charge is 2.13. The quantitative estimate of drug-likeness (QED) is 0.769. The number of H-pyrrole nitrogens is 1. The average Bonchev–Trinajstić information content (AvgIpc) is 3.09. The molecule has 0 saturated heterocycles. The van der Waals surface area contributed by atoms with Crippen molar-refractivity contribution in [1.82, 2.24) is 20.3 Å². The minimum absolute atomic E-state index is 0.112. The highest BCUT2D eigenvalue weighted by Crippen LogP contribution is 2.19. The van der Waals surface area contributed by atoms with Crippen molar-refractivity contribution in [3.63, 3.8) is 0 Å². The number of thiazole rings is 1. The van der Waals surface area contributed by atoms with Gasteiger partial charge < -0.3 is 10.3 Å². The second kappa shape index (κ2) is 4.81. The van der Waals surface area contributed by atoms with E-state index in [0.717, 1.165) is 16.0 Å². The third kappa shape index (κ3) is 2.34. The van der Waals surface area contributed by atoms with Crippen LogP contribution in [0.2, 0.25) is 0 Å². The van der Waals surface area contributed by atoms with E-state index in [4.69, 9.17) is 0 Å². The van der Waals surface area contributed by atoms with Gasteiger partial charge in [0, 0.05) is 18.0 Å². The number of hydrogen-bond acceptors (Lipinski definition) is 4. The molecule has 96 valence electrons. The van der Waals surface area contributed by atoms with Crippen LogP contribution in [-0.2, 0) is 0 Å². The SMILES string of the molecule is CC(NC(=O)c1ccc2ncsc2c1)c1ncc[nH]1. The van der Waals surface area contributed by atoms with Gasteiger partial charge in [-0.25, -0.2) is 9.97 Å². The third-order valence-electron chi connectivity index (χ3n) is 2.87. The molecule has 1 atom stereocenters. The van der Waals surface area contributed by atoms with Gasteiger partial charge in [-0.1, -0.05) is 0 Å². The second-order valence-electron chi connectivity index (χ2n) is 4.20. The molecule has 0 aliphatic carbocycles. The third-order valence-corrected chi connectivity index (χ3v) is 3.66. The summed E-state index contributed by atoms with van der Waals surface area (Å²) in [4.78, 5) is 23.5. The first-order valence-corrected chi connectivity index (χ1v) is 6.75. The zero-order valence-corrected chi connectivity index (χ0v) is 11.1. The molecule has 0 bridgehead atoms. The van der Waals surface area contributed by atoms with Gasteiger partial charge in [-0.05, 0) is 25.1 Å². The van der Waals surface area contributed by atoms with Crippen molar-refractivity contribution in [2.45, 2.75) is 13.0 Å². The zero-order chi connectivity index (χ0) is 13.2. The molecular formula is C13H12N4OS. The van der Waals surface area contributed by atoms with E-state index >= 15 is 0 Å². The molecule has 0 spiro atoms. The number of aromatic amines is 1. The summed E-state index contributed by atoms with van der Waals surface area (Å²) in [7, 11) is 0. The number of fused-ring (bicyclic) bond motifs is 1. The van der Waals surface area contributed by atoms with E-state index in [-0.39, 0.29) is 11.9 Å². The van der Waals surface area contributed by atoms with Gasteiger partial charge in [-0.15, -0.1) is 11.3 Å². The Kier molecular flexibility index (Phi) is 3.00. The molecule has 3 aromatic rings. The van der Waals surface area contributed by atoms with Crippen LogP contribution in [0.25, 0.3) is 10.2 Å². The largest absolute Gasteiger partial charge is 0.347 e. The molecular weight excluding hydrogens is 260 g/mol. The lowest BCUT2D eigenvalue weighted by Crippen LogP contribution is -2.27. The lowest BCUT2D eigenvalue weighted by molar-refractivity contribution is 0.0938. The van der Waals surface area contributed by atoms with E-state index in [9.17, 15) is 4.79 Å². The molecule has 2 N–H and O–H groups in total. The van der Waals surface area contributed by atoms with E-state index in [2.05, 4.69) is 20.3 Å². The lowest BCUT2D eigenvalue weighted by atomic mass is 10.2. The van der Waals surface area contributed by atoms with Crippen molar-refractivity contribution in [1.29, 1.82) is 0 Å². The van der Waals surface area contributed by atoms with Crippen LogP contribution in [0.15, 0.2) is 36.1 Å². The minimum Gasteiger partial charge on any atom is -0.347 e. The molecule has 6 heteroatoms. The molecule has 0 fully saturated rings. The molecule has 19 heavy (non-hydrogen) atoms. The molecule has 2 aromatic heterocycles. The van der Waals surface area contributed by atoms with E-state index in [1.165, 1.54) is 11.3 Å². The van der Waals surface area contributed by atoms with Gasteiger partial charge in [-0.2, -0.15) is 0 Å². The van der Waals surface area contributed by atoms with Gasteiger partial charge in [0.15, 0.2) is 0 Å². The Hall–Kier alpha value is -2.21. The summed E-state index contributed by atoms with van der Waals surface area (Å²) in [5.74, 6) is 0.631. The summed E-state index contributed by atoms with van der Waals surface area (Å²) in [5, 5.41) is 2.91. The number of nitrogens with zero attached hydrogens (tertiary/aromatic N) is 2. The number of amides is 1. The fourth-order valence-corrected chi connectivity index (χ4v) is 2.58. The fourth-order valence-electron chi connectivity index (χ4n) is 1.86. The number of aromatic nitrogens is 3. The van der Waals surface area contributed by atoms with Crippen molar-refractivity contribution in [2.24, 2.45) is 0 Å². The van der Waals surface area contributed by atoms with Crippen LogP contribution in [-0.4, -0.2) is 20.9 Å². The summed E-state index contributed by atoms with van der Waals surface area (Å²) in [6.45, 7) is 1.89. The number of benzene rings is 1. The van der Waals surface area contributed by atoms with Crippen LogP contribution in [0.5, 0.6) is 0 Å². The van der Waals surface area contributed by atoms with Crippen molar-refractivity contribution in [2.75, 3.05) is 0 Å². The van der Waals surface area contributed by atoms with Crippen LogP contribution in [0.3, 0.4) is 0 Å². The van der Waals surface area contributed by atoms with Crippen LogP contribution in [0, 0.1) is 0 Å². The Morgan fingerprint density at radius 2 is 2.32 bits per heavy atom. The molecule has 1 aromatic carbocycles. The topological polar surface area (TPSA) is 70.7 Å². The minimum atomic E-state index is -0.153. The molecule has 2 heterocycles. The van der Waals surface area contributed by atoms with Gasteiger partial charge in [0.2, 0.25) is 0 Å². The first kappa shape index (κ1) is 11.9. The van der Waals surface area contributed by atoms with E-state index in [1.807, 2.05) is 19.1 Å². The van der Waals surface area contributed by atoms with Gasteiger partial charge in [-0.3, -0.25) is 4.79 Å². The van der Waals surface area contributed by atoms with Crippen LogP contribution in [0.4, 0.5) is 0 Å². The monoisotopic (exact) mass is 272 g/mol. The molecule has 0 saturated carbocycles. The molecule has 0 radical (unpaired) electrons. The van der Waals surface area contributed by atoms with Crippen LogP contribution >= 0.6 is 11.3 Å². The standard InChI is InChI=1S/C13H12N4OS/c1-8(12-14-4-5-15-12)17-13(18)9-2-3-10-11(6-9)19-7-16-10/h2-8H,1H3,(H,14,15)(H,17,18). The number of carbonyl (C=O) groups is 1. The van der Waals surface area contributed by atoms with Crippen molar-refractivity contribution in [3.05, 3.63) is 47.5 Å². The predicted molar refractivity (Wildman–Crippen MR) is 74.1 cm³/mol. The Morgan fingerprint density at radius 3 is 3.11 bits per heavy atom. The Labute approximate surface area is 113 Å². The summed E-state index contributed by atoms with van der Waals surface area (Å²) in [6, 6.07) is 5.35. The summed E-state index contributed by atoms with van der Waals surface area (Å²) in [5.41, 5.74) is 3.33. The number of nitrogens with one attached hydrogen (secondary N) is 2. The Bertz CT molecular complexity index is 704. The van der Waals surface area contributed by atoms with E-state index in [1.54, 1.807) is 24.0 Å². The van der Waals surface area contributed by atoms with Gasteiger partial charge in [0.05, 0.1) is 21.8 Å². The maximum atomic E-state index is 12.1. The summed E-state index contributed by atoms with van der Waals surface area (Å²) >= 11 is 1.53. The lowest BCUT2D eigenvalue weighted by Gasteiger charge is -2.11. The zero-order valence-electron chi connectivity index (χ0n) is 10.3. The highest BCUT2D eigenvalue weighted by atomic mass is 32.1. The summed E-state index contributed by atoms with van der Waals surface area (Å²) in [6.07, 6.45) is 3.41. The Balaban J connectivity index is 1.79. The molecule has 0 aliphatic rings. The molecule has 3 rings (SSSR count). The predicted octanol–water partition coefficient (Wildman–Crippen LogP) is 2.51. The molecule has 1 unspecified atom stereocenters. The molecule has 0 aliphatic heterocycles. The smallest absolute Gasteiger partial charge is 0.251 e. The maximum Gasteiger partial charge on any atom is 0.251 e. The number of hydrogen-bond donors (Lipinski definition) is 2. The van der Waals surface area contributed by atoms with Crippen molar-refractivity contribution >= 4 is 27.5 Å². The van der Waals surface area contributed by atoms with Crippen LogP contribution in [0.1, 0.15) is 29.1 Å². The number of rotatable bonds is 3. The number of imidazole rings is 1. The normalized spacial score (nSPS) is 12.5. The average molecular weight is 272 g/mol. The maximum absolute atomic E-state index is 12.1. The fraction of sp³-hybridized carbons (Fsp3) is 0.154. The van der Waals surface area contributed by atoms with Gasteiger partial charge in [0.25, 0.3) is 5.91 Å². The van der Waals surface area contributed by atoms with Crippen molar-refractivity contribution < 1.29 is 4.79 Å². The van der Waals surface area contributed by atoms with Gasteiger partial charge in [0.1, 0.15) is 5.82 Å². The molecule has 5 nitrogen and oxygen atoms in total. The summed E-state index contributed by atoms with van der Waals surface area (Å²) < 4.78 is 1.01. The molecule has 1 amide bonds. The van der Waals surface area contributed by atoms with E-state index < -0.39 is 0 Å². The van der Waals surface area contributed by atoms with Gasteiger partial charge >= 0.3 is 0 Å². The second-order valence-corrected chi connectivity index (χ2v) is 5.09. The van der Waals surface area contributed by atoms with Crippen LogP contribution < -0.4 is 5.32 Å². The van der Waals surface area contributed by atoms with Crippen molar-refractivity contribution in [3.8, 4) is 0 Å².